The summed E-state index contributed by atoms with van der Waals surface area (Å²) in [5, 5.41) is 5.16. The van der Waals surface area contributed by atoms with Crippen LogP contribution in [-0.2, 0) is 0 Å². The lowest BCUT2D eigenvalue weighted by molar-refractivity contribution is 1.18. The third-order valence-electron chi connectivity index (χ3n) is 11.7. The smallest absolute Gasteiger partial charge is 0.160 e. The molecule has 2 nitrogen and oxygen atoms in total. The van der Waals surface area contributed by atoms with Crippen LogP contribution in [0.1, 0.15) is 0 Å². The quantitative estimate of drug-likeness (QED) is 0.152. The van der Waals surface area contributed by atoms with E-state index in [1.54, 1.807) is 11.8 Å². The zero-order valence-corrected chi connectivity index (χ0v) is 36.4. The maximum Gasteiger partial charge on any atom is 0.160 e. The van der Waals surface area contributed by atoms with Gasteiger partial charge in [0.25, 0.3) is 0 Å². The maximum atomic E-state index is 5.38. The number of rotatable bonds is 8. The molecule has 0 fully saturated rings. The molecular formula is C58H36N2S3. The number of hydrogen-bond donors (Lipinski definition) is 0. The fourth-order valence-corrected chi connectivity index (χ4v) is 12.0. The van der Waals surface area contributed by atoms with Crippen LogP contribution in [0.15, 0.2) is 228 Å². The number of hydrogen-bond acceptors (Lipinski definition) is 5. The lowest BCUT2D eigenvalue weighted by atomic mass is 9.93. The van der Waals surface area contributed by atoms with E-state index < -0.39 is 0 Å². The monoisotopic (exact) mass is 856 g/mol. The Kier molecular flexibility index (Phi) is 9.52. The topological polar surface area (TPSA) is 25.8 Å². The van der Waals surface area contributed by atoms with E-state index in [1.165, 1.54) is 66.8 Å². The zero-order chi connectivity index (χ0) is 41.7. The molecule has 12 aromatic rings. The molecule has 0 aliphatic carbocycles. The van der Waals surface area contributed by atoms with Crippen molar-refractivity contribution in [3.63, 3.8) is 0 Å². The zero-order valence-electron chi connectivity index (χ0n) is 33.9. The normalized spacial score (nSPS) is 11.6. The fraction of sp³-hybridized carbons (Fsp3) is 0. The number of benzene rings is 9. The molecule has 5 heteroatoms. The van der Waals surface area contributed by atoms with Crippen molar-refractivity contribution in [2.75, 3.05) is 0 Å². The minimum absolute atomic E-state index is 0.693. The summed E-state index contributed by atoms with van der Waals surface area (Å²) in [5.41, 5.74) is 11.8. The van der Waals surface area contributed by atoms with Crippen molar-refractivity contribution in [1.29, 1.82) is 0 Å². The number of fused-ring (bicyclic) bond motifs is 6. The molecule has 63 heavy (non-hydrogen) atoms. The second-order valence-electron chi connectivity index (χ2n) is 15.7. The first kappa shape index (κ1) is 37.6. The van der Waals surface area contributed by atoms with Gasteiger partial charge in [0.2, 0.25) is 0 Å². The molecule has 0 amide bonds. The SMILES string of the molecule is c1ccc(Sc2ccccc2-c2cc(-c3cc(-c4cccc(-c5ccc6sc7ccccc7c6c5)c4)nc(-c4ccccc4)n3)cc(-c3cccc4c3sc3ccccc34)c2)cc1. The van der Waals surface area contributed by atoms with Gasteiger partial charge in [-0.3, -0.25) is 0 Å². The van der Waals surface area contributed by atoms with Crippen molar-refractivity contribution in [1.82, 2.24) is 9.97 Å². The summed E-state index contributed by atoms with van der Waals surface area (Å²) < 4.78 is 5.19. The molecule has 0 saturated heterocycles. The Bertz CT molecular complexity index is 3660. The third kappa shape index (κ3) is 7.10. The second kappa shape index (κ2) is 16.0. The largest absolute Gasteiger partial charge is 0.228 e. The minimum Gasteiger partial charge on any atom is -0.228 e. The van der Waals surface area contributed by atoms with Gasteiger partial charge in [-0.2, -0.15) is 0 Å². The van der Waals surface area contributed by atoms with Crippen LogP contribution in [0.2, 0.25) is 0 Å². The maximum absolute atomic E-state index is 5.38. The molecule has 9 aromatic carbocycles. The Morgan fingerprint density at radius 3 is 1.68 bits per heavy atom. The van der Waals surface area contributed by atoms with Crippen molar-refractivity contribution < 1.29 is 0 Å². The van der Waals surface area contributed by atoms with Gasteiger partial charge in [0.15, 0.2) is 5.82 Å². The highest BCUT2D eigenvalue weighted by molar-refractivity contribution is 7.99. The van der Waals surface area contributed by atoms with Crippen LogP contribution in [0.4, 0.5) is 0 Å². The van der Waals surface area contributed by atoms with E-state index in [9.17, 15) is 0 Å². The van der Waals surface area contributed by atoms with Crippen LogP contribution >= 0.6 is 34.4 Å². The van der Waals surface area contributed by atoms with E-state index in [4.69, 9.17) is 9.97 Å². The van der Waals surface area contributed by atoms with Gasteiger partial charge >= 0.3 is 0 Å². The van der Waals surface area contributed by atoms with Crippen molar-refractivity contribution >= 4 is 74.8 Å². The standard InChI is InChI=1S/C58H36N2S3/c1-3-15-37(16-4-1)58-59-51(40-18-13-17-38(31-40)39-29-30-56-50(35-39)48-23-9-11-27-54(48)62-56)36-52(60-58)43-33-41(45-21-7-10-26-53(45)61-44-19-5-2-6-20-44)32-42(34-43)46-24-14-25-49-47-22-8-12-28-55(47)63-57(46)49/h1-36H. The first-order valence-corrected chi connectivity index (χ1v) is 23.5. The van der Waals surface area contributed by atoms with Crippen molar-refractivity contribution in [2.45, 2.75) is 9.79 Å². The molecule has 0 spiro atoms. The van der Waals surface area contributed by atoms with Crippen LogP contribution < -0.4 is 0 Å². The van der Waals surface area contributed by atoms with E-state index in [-0.39, 0.29) is 0 Å². The third-order valence-corrected chi connectivity index (χ3v) is 15.2. The predicted molar refractivity (Wildman–Crippen MR) is 271 cm³/mol. The average molecular weight is 857 g/mol. The first-order chi connectivity index (χ1) is 31.2. The van der Waals surface area contributed by atoms with E-state index in [1.807, 2.05) is 28.7 Å². The number of aromatic nitrogens is 2. The van der Waals surface area contributed by atoms with Gasteiger partial charge in [-0.25, -0.2) is 9.97 Å². The average Bonchev–Trinajstić information content (AvgIpc) is 3.93. The van der Waals surface area contributed by atoms with Crippen LogP contribution in [0.3, 0.4) is 0 Å². The highest BCUT2D eigenvalue weighted by Gasteiger charge is 2.18. The first-order valence-electron chi connectivity index (χ1n) is 21.0. The Hall–Kier alpha value is -7.15. The molecule has 0 N–H and O–H groups in total. The Balaban J connectivity index is 1.05. The van der Waals surface area contributed by atoms with Gasteiger partial charge < -0.3 is 0 Å². The molecule has 0 aliphatic heterocycles. The summed E-state index contributed by atoms with van der Waals surface area (Å²) in [4.78, 5) is 13.1. The van der Waals surface area contributed by atoms with Crippen LogP contribution in [-0.4, -0.2) is 9.97 Å². The van der Waals surface area contributed by atoms with E-state index in [0.717, 1.165) is 44.8 Å². The molecule has 3 aromatic heterocycles. The predicted octanol–water partition coefficient (Wildman–Crippen LogP) is 17.4. The molecule has 0 unspecified atom stereocenters. The van der Waals surface area contributed by atoms with Gasteiger partial charge in [0.1, 0.15) is 0 Å². The highest BCUT2D eigenvalue weighted by atomic mass is 32.2. The molecule has 12 rings (SSSR count). The van der Waals surface area contributed by atoms with Crippen LogP contribution in [0, 0.1) is 0 Å². The van der Waals surface area contributed by atoms with Gasteiger partial charge in [-0.05, 0) is 106 Å². The number of thiophene rings is 2. The summed E-state index contributed by atoms with van der Waals surface area (Å²) in [6.07, 6.45) is 0. The lowest BCUT2D eigenvalue weighted by Gasteiger charge is -2.15. The summed E-state index contributed by atoms with van der Waals surface area (Å²) in [7, 11) is 0. The number of nitrogens with zero attached hydrogens (tertiary/aromatic N) is 2. The molecule has 0 saturated carbocycles. The summed E-state index contributed by atoms with van der Waals surface area (Å²) >= 11 is 5.51. The lowest BCUT2D eigenvalue weighted by Crippen LogP contribution is -1.97. The molecule has 3 heterocycles. The molecular weight excluding hydrogens is 821 g/mol. The summed E-state index contributed by atoms with van der Waals surface area (Å²) in [6.45, 7) is 0. The van der Waals surface area contributed by atoms with E-state index in [0.29, 0.717) is 5.82 Å². The Morgan fingerprint density at radius 2 is 0.857 bits per heavy atom. The van der Waals surface area contributed by atoms with Gasteiger partial charge in [0.05, 0.1) is 11.4 Å². The summed E-state index contributed by atoms with van der Waals surface area (Å²) in [5.74, 6) is 0.693. The Labute approximate surface area is 377 Å². The highest BCUT2D eigenvalue weighted by Crippen LogP contribution is 2.44. The molecule has 0 atom stereocenters. The molecule has 296 valence electrons. The van der Waals surface area contributed by atoms with Gasteiger partial charge in [-0.1, -0.05) is 157 Å². The van der Waals surface area contributed by atoms with Crippen LogP contribution in [0.25, 0.3) is 108 Å². The van der Waals surface area contributed by atoms with Crippen molar-refractivity contribution in [3.05, 3.63) is 218 Å². The fourth-order valence-electron chi connectivity index (χ4n) is 8.69. The molecule has 0 bridgehead atoms. The minimum atomic E-state index is 0.693. The van der Waals surface area contributed by atoms with Crippen molar-refractivity contribution in [3.8, 4) is 67.3 Å². The Morgan fingerprint density at radius 1 is 0.317 bits per heavy atom. The van der Waals surface area contributed by atoms with Gasteiger partial charge in [0, 0.05) is 66.8 Å². The van der Waals surface area contributed by atoms with E-state index >= 15 is 0 Å². The van der Waals surface area contributed by atoms with Crippen LogP contribution in [0.5, 0.6) is 0 Å². The second-order valence-corrected chi connectivity index (χ2v) is 19.0. The van der Waals surface area contributed by atoms with Gasteiger partial charge in [-0.15, -0.1) is 22.7 Å². The van der Waals surface area contributed by atoms with Crippen molar-refractivity contribution in [2.24, 2.45) is 0 Å². The summed E-state index contributed by atoms with van der Waals surface area (Å²) in [6, 6.07) is 78.7. The molecule has 0 radical (unpaired) electrons. The van der Waals surface area contributed by atoms with E-state index in [2.05, 4.69) is 212 Å². The molecule has 0 aliphatic rings.